The van der Waals surface area contributed by atoms with Gasteiger partial charge in [0.05, 0.1) is 32.0 Å². The number of ether oxygens (including phenoxy) is 3. The van der Waals surface area contributed by atoms with Crippen LogP contribution in [0.5, 0.6) is 0 Å². The fourth-order valence-corrected chi connectivity index (χ4v) is 2.10. The highest BCUT2D eigenvalue weighted by Gasteiger charge is 2.54. The van der Waals surface area contributed by atoms with Gasteiger partial charge in [0.15, 0.2) is 0 Å². The van der Waals surface area contributed by atoms with Gasteiger partial charge < -0.3 is 19.3 Å². The first-order chi connectivity index (χ1) is 8.09. The van der Waals surface area contributed by atoms with Crippen molar-refractivity contribution in [1.82, 2.24) is 0 Å². The summed E-state index contributed by atoms with van der Waals surface area (Å²) in [4.78, 5) is 23.3. The van der Waals surface area contributed by atoms with E-state index in [1.54, 1.807) is 12.2 Å². The predicted octanol–water partition coefficient (Wildman–Crippen LogP) is -0.671. The van der Waals surface area contributed by atoms with Crippen LogP contribution in [0.1, 0.15) is 0 Å². The zero-order valence-electron chi connectivity index (χ0n) is 9.43. The monoisotopic (exact) mass is 240 g/mol. The van der Waals surface area contributed by atoms with Crippen molar-refractivity contribution in [2.24, 2.45) is 0 Å². The van der Waals surface area contributed by atoms with Crippen molar-refractivity contribution in [2.75, 3.05) is 20.8 Å². The van der Waals surface area contributed by atoms with Gasteiger partial charge in [-0.25, -0.2) is 9.59 Å². The molecule has 2 aliphatic rings. The molecule has 2 rings (SSSR count). The molecular formula is C11H12O6. The molecule has 2 heterocycles. The minimum absolute atomic E-state index is 0.0156. The molecule has 6 nitrogen and oxygen atoms in total. The van der Waals surface area contributed by atoms with Crippen LogP contribution >= 0.6 is 0 Å². The zero-order chi connectivity index (χ0) is 12.6. The molecule has 0 unspecified atom stereocenters. The standard InChI is InChI=1S/C11H12O6/c1-15-9(13)7-6-3-4-11(5-12,17-6)8(7)10(14)16-2/h3-4,6,12H,5H2,1-2H3/t6-,11-/m0/s1. The number of hydrogen-bond acceptors (Lipinski definition) is 6. The Morgan fingerprint density at radius 2 is 2.06 bits per heavy atom. The number of hydrogen-bond donors (Lipinski definition) is 1. The molecule has 0 saturated carbocycles. The normalized spacial score (nSPS) is 29.7. The minimum atomic E-state index is -1.28. The van der Waals surface area contributed by atoms with E-state index in [0.29, 0.717) is 0 Å². The molecule has 6 heteroatoms. The molecule has 1 N–H and O–H groups in total. The van der Waals surface area contributed by atoms with Crippen molar-refractivity contribution >= 4 is 11.9 Å². The Balaban J connectivity index is 2.53. The van der Waals surface area contributed by atoms with Gasteiger partial charge in [0.2, 0.25) is 0 Å². The summed E-state index contributed by atoms with van der Waals surface area (Å²) in [5, 5.41) is 9.36. The third-order valence-electron chi connectivity index (χ3n) is 2.88. The van der Waals surface area contributed by atoms with Crippen LogP contribution < -0.4 is 0 Å². The molecule has 0 saturated heterocycles. The highest BCUT2D eigenvalue weighted by molar-refractivity contribution is 6.05. The Labute approximate surface area is 97.5 Å². The summed E-state index contributed by atoms with van der Waals surface area (Å²) < 4.78 is 14.7. The smallest absolute Gasteiger partial charge is 0.337 e. The molecule has 0 aliphatic carbocycles. The molecule has 0 aromatic rings. The summed E-state index contributed by atoms with van der Waals surface area (Å²) in [6, 6.07) is 0. The lowest BCUT2D eigenvalue weighted by Gasteiger charge is -2.22. The predicted molar refractivity (Wildman–Crippen MR) is 54.9 cm³/mol. The average Bonchev–Trinajstić information content (AvgIpc) is 2.92. The van der Waals surface area contributed by atoms with Gasteiger partial charge in [-0.3, -0.25) is 0 Å². The van der Waals surface area contributed by atoms with Crippen LogP contribution in [0.4, 0.5) is 0 Å². The van der Waals surface area contributed by atoms with Crippen molar-refractivity contribution in [3.8, 4) is 0 Å². The van der Waals surface area contributed by atoms with Crippen LogP contribution in [-0.2, 0) is 23.8 Å². The van der Waals surface area contributed by atoms with Crippen LogP contribution in [-0.4, -0.2) is 49.6 Å². The van der Waals surface area contributed by atoms with Crippen molar-refractivity contribution in [3.63, 3.8) is 0 Å². The summed E-state index contributed by atoms with van der Waals surface area (Å²) in [6.07, 6.45) is 2.49. The third kappa shape index (κ3) is 1.49. The third-order valence-corrected chi connectivity index (χ3v) is 2.88. The van der Waals surface area contributed by atoms with Crippen LogP contribution in [0.15, 0.2) is 23.3 Å². The maximum absolute atomic E-state index is 11.7. The molecule has 2 atom stereocenters. The summed E-state index contributed by atoms with van der Waals surface area (Å²) in [7, 11) is 2.41. The summed E-state index contributed by atoms with van der Waals surface area (Å²) in [6.45, 7) is -0.440. The minimum Gasteiger partial charge on any atom is -0.466 e. The van der Waals surface area contributed by atoms with Gasteiger partial charge in [0, 0.05) is 0 Å². The largest absolute Gasteiger partial charge is 0.466 e. The Bertz CT molecular complexity index is 435. The van der Waals surface area contributed by atoms with Crippen LogP contribution in [0.2, 0.25) is 0 Å². The van der Waals surface area contributed by atoms with Gasteiger partial charge in [0.1, 0.15) is 11.7 Å². The number of rotatable bonds is 3. The number of esters is 2. The van der Waals surface area contributed by atoms with Gasteiger partial charge >= 0.3 is 11.9 Å². The summed E-state index contributed by atoms with van der Waals surface area (Å²) >= 11 is 0. The van der Waals surface area contributed by atoms with Crippen LogP contribution in [0, 0.1) is 0 Å². The van der Waals surface area contributed by atoms with E-state index in [9.17, 15) is 14.7 Å². The number of aliphatic hydroxyl groups excluding tert-OH is 1. The topological polar surface area (TPSA) is 82.1 Å². The molecule has 17 heavy (non-hydrogen) atoms. The molecule has 92 valence electrons. The SMILES string of the molecule is COC(=O)C1=C(C(=O)OC)[C@@]2(CO)C=C[C@@H]1O2. The lowest BCUT2D eigenvalue weighted by atomic mass is 9.87. The number of aliphatic hydroxyl groups is 1. The van der Waals surface area contributed by atoms with Crippen LogP contribution in [0.25, 0.3) is 0 Å². The molecule has 0 spiro atoms. The maximum Gasteiger partial charge on any atom is 0.337 e. The first-order valence-corrected chi connectivity index (χ1v) is 4.99. The number of carbonyl (C=O) groups is 2. The second-order valence-corrected chi connectivity index (χ2v) is 3.72. The van der Waals surface area contributed by atoms with Crippen molar-refractivity contribution in [3.05, 3.63) is 23.3 Å². The number of carbonyl (C=O) groups excluding carboxylic acids is 2. The Kier molecular flexibility index (Phi) is 2.76. The lowest BCUT2D eigenvalue weighted by molar-refractivity contribution is -0.139. The average molecular weight is 240 g/mol. The molecule has 0 fully saturated rings. The van der Waals surface area contributed by atoms with Gasteiger partial charge in [-0.2, -0.15) is 0 Å². The summed E-state index contributed by atoms with van der Waals surface area (Å²) in [5.74, 6) is -1.36. The van der Waals surface area contributed by atoms with E-state index in [1.807, 2.05) is 0 Å². The van der Waals surface area contributed by atoms with Gasteiger partial charge in [-0.05, 0) is 6.08 Å². The Morgan fingerprint density at radius 3 is 2.59 bits per heavy atom. The van der Waals surface area contributed by atoms with E-state index >= 15 is 0 Å². The highest BCUT2D eigenvalue weighted by Crippen LogP contribution is 2.43. The van der Waals surface area contributed by atoms with Crippen molar-refractivity contribution < 1.29 is 28.9 Å². The first kappa shape index (κ1) is 11.8. The van der Waals surface area contributed by atoms with Gasteiger partial charge in [-0.1, -0.05) is 6.08 Å². The number of methoxy groups -OCH3 is 2. The molecule has 0 radical (unpaired) electrons. The van der Waals surface area contributed by atoms with Gasteiger partial charge in [-0.15, -0.1) is 0 Å². The van der Waals surface area contributed by atoms with E-state index in [4.69, 9.17) is 4.74 Å². The fraction of sp³-hybridized carbons (Fsp3) is 0.455. The van der Waals surface area contributed by atoms with E-state index in [-0.39, 0.29) is 11.1 Å². The molecule has 0 aromatic carbocycles. The zero-order valence-corrected chi connectivity index (χ0v) is 9.43. The number of fused-ring (bicyclic) bond motifs is 2. The second-order valence-electron chi connectivity index (χ2n) is 3.72. The molecule has 0 amide bonds. The second kappa shape index (κ2) is 3.97. The Hall–Kier alpha value is -1.66. The van der Waals surface area contributed by atoms with Crippen LogP contribution in [0.3, 0.4) is 0 Å². The quantitative estimate of drug-likeness (QED) is 0.520. The first-order valence-electron chi connectivity index (χ1n) is 4.99. The molecule has 0 aromatic heterocycles. The maximum atomic E-state index is 11.7. The Morgan fingerprint density at radius 1 is 1.41 bits per heavy atom. The van der Waals surface area contributed by atoms with E-state index in [1.165, 1.54) is 14.2 Å². The van der Waals surface area contributed by atoms with E-state index < -0.39 is 30.3 Å². The van der Waals surface area contributed by atoms with Crippen molar-refractivity contribution in [1.29, 1.82) is 0 Å². The van der Waals surface area contributed by atoms with Gasteiger partial charge in [0.25, 0.3) is 0 Å². The summed E-state index contributed by atoms with van der Waals surface area (Å²) in [5.41, 5.74) is -1.17. The van der Waals surface area contributed by atoms with Crippen molar-refractivity contribution in [2.45, 2.75) is 11.7 Å². The van der Waals surface area contributed by atoms with E-state index in [0.717, 1.165) is 0 Å². The lowest BCUT2D eigenvalue weighted by Crippen LogP contribution is -2.36. The molecule has 2 bridgehead atoms. The molecular weight excluding hydrogens is 228 g/mol. The highest BCUT2D eigenvalue weighted by atomic mass is 16.6. The molecule has 2 aliphatic heterocycles. The van der Waals surface area contributed by atoms with E-state index in [2.05, 4.69) is 9.47 Å². The fourth-order valence-electron chi connectivity index (χ4n) is 2.10.